The van der Waals surface area contributed by atoms with Gasteiger partial charge in [0.15, 0.2) is 11.5 Å². The molecule has 0 spiro atoms. The number of amides is 1. The summed E-state index contributed by atoms with van der Waals surface area (Å²) in [4.78, 5) is 14.1. The summed E-state index contributed by atoms with van der Waals surface area (Å²) in [5.41, 5.74) is 1.46. The number of carbonyl (C=O) groups is 1. The Balaban J connectivity index is 1.58. The number of hydrogen-bond acceptors (Lipinski definition) is 5. The summed E-state index contributed by atoms with van der Waals surface area (Å²) in [5.74, 6) is 1.04. The zero-order valence-electron chi connectivity index (χ0n) is 16.3. The molecule has 156 valence electrons. The van der Waals surface area contributed by atoms with Gasteiger partial charge in [0.05, 0.1) is 11.9 Å². The Morgan fingerprint density at radius 2 is 1.79 bits per heavy atom. The second-order valence-electron chi connectivity index (χ2n) is 6.85. The van der Waals surface area contributed by atoms with Gasteiger partial charge in [0.2, 0.25) is 22.7 Å². The van der Waals surface area contributed by atoms with E-state index in [-0.39, 0.29) is 25.7 Å². The molecule has 3 rings (SSSR count). The molecule has 1 amide bonds. The van der Waals surface area contributed by atoms with Crippen molar-refractivity contribution in [3.05, 3.63) is 53.1 Å². The molecule has 1 heterocycles. The average Bonchev–Trinajstić information content (AvgIpc) is 3.13. The van der Waals surface area contributed by atoms with Crippen molar-refractivity contribution in [3.8, 4) is 11.5 Å². The highest BCUT2D eigenvalue weighted by Gasteiger charge is 2.22. The van der Waals surface area contributed by atoms with E-state index in [1.165, 1.54) is 4.31 Å². The topological polar surface area (TPSA) is 76.2 Å². The number of fused-ring (bicyclic) bond motifs is 1. The number of sulfonamides is 1. The summed E-state index contributed by atoms with van der Waals surface area (Å²) in [7, 11) is -1.78. The molecule has 0 saturated heterocycles. The number of benzene rings is 2. The third kappa shape index (κ3) is 5.55. The van der Waals surface area contributed by atoms with Crippen LogP contribution in [0.25, 0.3) is 0 Å². The minimum Gasteiger partial charge on any atom is -0.454 e. The number of hydrogen-bond donors (Lipinski definition) is 0. The van der Waals surface area contributed by atoms with Crippen LogP contribution in [-0.4, -0.2) is 45.9 Å². The maximum Gasteiger partial charge on any atom is 0.232 e. The predicted octanol–water partition coefficient (Wildman–Crippen LogP) is 3.27. The van der Waals surface area contributed by atoms with Gasteiger partial charge in [0.25, 0.3) is 0 Å². The monoisotopic (exact) mass is 438 g/mol. The van der Waals surface area contributed by atoms with Gasteiger partial charge >= 0.3 is 0 Å². The minimum absolute atomic E-state index is 0.0564. The van der Waals surface area contributed by atoms with Crippen LogP contribution in [0.15, 0.2) is 42.5 Å². The van der Waals surface area contributed by atoms with E-state index in [1.54, 1.807) is 42.3 Å². The van der Waals surface area contributed by atoms with Crippen molar-refractivity contribution < 1.29 is 22.7 Å². The molecule has 9 heteroatoms. The van der Waals surface area contributed by atoms with Gasteiger partial charge in [-0.1, -0.05) is 23.7 Å². The highest BCUT2D eigenvalue weighted by atomic mass is 35.5. The molecule has 0 bridgehead atoms. The van der Waals surface area contributed by atoms with E-state index >= 15 is 0 Å². The molecule has 0 N–H and O–H groups in total. The normalized spacial score (nSPS) is 12.7. The van der Waals surface area contributed by atoms with E-state index in [9.17, 15) is 13.2 Å². The molecule has 2 aromatic rings. The highest BCUT2D eigenvalue weighted by molar-refractivity contribution is 7.92. The molecule has 7 nitrogen and oxygen atoms in total. The van der Waals surface area contributed by atoms with Crippen molar-refractivity contribution in [3.63, 3.8) is 0 Å². The van der Waals surface area contributed by atoms with Gasteiger partial charge < -0.3 is 14.4 Å². The summed E-state index contributed by atoms with van der Waals surface area (Å²) in [6, 6.07) is 12.3. The molecule has 0 aliphatic carbocycles. The third-order valence-electron chi connectivity index (χ3n) is 4.56. The summed E-state index contributed by atoms with van der Waals surface area (Å²) in [6.07, 6.45) is 1.78. The smallest absolute Gasteiger partial charge is 0.232 e. The van der Waals surface area contributed by atoms with E-state index in [4.69, 9.17) is 21.1 Å². The second-order valence-corrected chi connectivity index (χ2v) is 9.20. The van der Waals surface area contributed by atoms with Gasteiger partial charge in [-0.15, -0.1) is 0 Å². The summed E-state index contributed by atoms with van der Waals surface area (Å²) < 4.78 is 36.4. The van der Waals surface area contributed by atoms with Gasteiger partial charge in [-0.05, 0) is 36.2 Å². The zero-order chi connectivity index (χ0) is 21.0. The predicted molar refractivity (Wildman–Crippen MR) is 112 cm³/mol. The largest absolute Gasteiger partial charge is 0.454 e. The van der Waals surface area contributed by atoms with Crippen molar-refractivity contribution >= 4 is 33.2 Å². The quantitative estimate of drug-likeness (QED) is 0.632. The van der Waals surface area contributed by atoms with Crippen molar-refractivity contribution in [2.75, 3.05) is 30.9 Å². The van der Waals surface area contributed by atoms with Crippen molar-refractivity contribution in [1.82, 2.24) is 4.90 Å². The van der Waals surface area contributed by atoms with Gasteiger partial charge in [-0.2, -0.15) is 0 Å². The summed E-state index contributed by atoms with van der Waals surface area (Å²) in [5, 5.41) is 0.645. The van der Waals surface area contributed by atoms with Crippen molar-refractivity contribution in [1.29, 1.82) is 0 Å². The Kier molecular flexibility index (Phi) is 6.54. The van der Waals surface area contributed by atoms with Gasteiger partial charge in [0.1, 0.15) is 0 Å². The zero-order valence-corrected chi connectivity index (χ0v) is 17.9. The van der Waals surface area contributed by atoms with E-state index in [1.807, 2.05) is 12.1 Å². The molecule has 0 unspecified atom stereocenters. The molecular formula is C20H23ClN2O5S. The lowest BCUT2D eigenvalue weighted by molar-refractivity contribution is -0.130. The Labute approximate surface area is 175 Å². The number of carbonyl (C=O) groups excluding carboxylic acids is 1. The fourth-order valence-corrected chi connectivity index (χ4v) is 4.13. The SMILES string of the molecule is CN(Cc1ccc(Cl)cc1)C(=O)CCCN(c1ccc2c(c1)OCO2)S(C)(=O)=O. The van der Waals surface area contributed by atoms with Crippen LogP contribution in [0.2, 0.25) is 5.02 Å². The van der Waals surface area contributed by atoms with Crippen LogP contribution in [0.1, 0.15) is 18.4 Å². The lowest BCUT2D eigenvalue weighted by Gasteiger charge is -2.23. The van der Waals surface area contributed by atoms with Crippen LogP contribution in [0.5, 0.6) is 11.5 Å². The summed E-state index contributed by atoms with van der Waals surface area (Å²) in [6.45, 7) is 0.777. The third-order valence-corrected chi connectivity index (χ3v) is 6.00. The van der Waals surface area contributed by atoms with Gasteiger partial charge in [-0.3, -0.25) is 9.10 Å². The fraction of sp³-hybridized carbons (Fsp3) is 0.350. The number of anilines is 1. The number of ether oxygens (including phenoxy) is 2. The van der Waals surface area contributed by atoms with Crippen LogP contribution in [0.3, 0.4) is 0 Å². The van der Waals surface area contributed by atoms with Crippen LogP contribution in [0.4, 0.5) is 5.69 Å². The maximum absolute atomic E-state index is 12.4. The lowest BCUT2D eigenvalue weighted by Crippen LogP contribution is -2.32. The average molecular weight is 439 g/mol. The highest BCUT2D eigenvalue weighted by Crippen LogP contribution is 2.36. The van der Waals surface area contributed by atoms with Crippen LogP contribution in [-0.2, 0) is 21.4 Å². The fourth-order valence-electron chi connectivity index (χ4n) is 3.04. The Morgan fingerprint density at radius 3 is 2.48 bits per heavy atom. The van der Waals surface area contributed by atoms with Crippen molar-refractivity contribution in [2.45, 2.75) is 19.4 Å². The van der Waals surface area contributed by atoms with Crippen LogP contribution < -0.4 is 13.8 Å². The standard InChI is InChI=1S/C20H23ClN2O5S/c1-22(13-15-5-7-16(21)8-6-15)20(24)4-3-11-23(29(2,25)26)17-9-10-18-19(12-17)28-14-27-18/h5-10,12H,3-4,11,13-14H2,1-2H3. The molecule has 29 heavy (non-hydrogen) atoms. The van der Waals surface area contributed by atoms with E-state index in [2.05, 4.69) is 0 Å². The van der Waals surface area contributed by atoms with Crippen LogP contribution in [0, 0.1) is 0 Å². The van der Waals surface area contributed by atoms with E-state index in [0.717, 1.165) is 11.8 Å². The number of halogens is 1. The molecule has 0 saturated carbocycles. The maximum atomic E-state index is 12.4. The molecule has 0 fully saturated rings. The van der Waals surface area contributed by atoms with Gasteiger partial charge in [0, 0.05) is 37.6 Å². The van der Waals surface area contributed by atoms with E-state index in [0.29, 0.717) is 35.2 Å². The molecule has 0 aromatic heterocycles. The lowest BCUT2D eigenvalue weighted by atomic mass is 10.2. The summed E-state index contributed by atoms with van der Waals surface area (Å²) >= 11 is 5.88. The second kappa shape index (κ2) is 8.92. The molecule has 2 aromatic carbocycles. The number of rotatable bonds is 8. The van der Waals surface area contributed by atoms with Crippen molar-refractivity contribution in [2.24, 2.45) is 0 Å². The first-order chi connectivity index (χ1) is 13.7. The Bertz CT molecular complexity index is 979. The molecule has 0 atom stereocenters. The first-order valence-electron chi connectivity index (χ1n) is 9.10. The molecule has 1 aliphatic heterocycles. The Morgan fingerprint density at radius 1 is 1.10 bits per heavy atom. The number of nitrogens with zero attached hydrogens (tertiary/aromatic N) is 2. The molecule has 1 aliphatic rings. The van der Waals surface area contributed by atoms with E-state index < -0.39 is 10.0 Å². The van der Waals surface area contributed by atoms with Gasteiger partial charge in [-0.25, -0.2) is 8.42 Å². The first-order valence-corrected chi connectivity index (χ1v) is 11.3. The van der Waals surface area contributed by atoms with Crippen LogP contribution >= 0.6 is 11.6 Å². The first kappa shape index (κ1) is 21.3. The Hall–Kier alpha value is -2.45. The minimum atomic E-state index is -3.51. The molecule has 0 radical (unpaired) electrons. The molecular weight excluding hydrogens is 416 g/mol.